The zero-order valence-electron chi connectivity index (χ0n) is 15.9. The number of sulfonamides is 1. The van der Waals surface area contributed by atoms with Gasteiger partial charge in [0.05, 0.1) is 28.7 Å². The molecule has 0 radical (unpaired) electrons. The Hall–Kier alpha value is -2.58. The van der Waals surface area contributed by atoms with Crippen molar-refractivity contribution in [2.24, 2.45) is 0 Å². The van der Waals surface area contributed by atoms with E-state index >= 15 is 0 Å². The molecule has 1 atom stereocenters. The molecule has 1 aliphatic rings. The monoisotopic (exact) mass is 398 g/mol. The van der Waals surface area contributed by atoms with E-state index in [1.807, 2.05) is 44.2 Å². The van der Waals surface area contributed by atoms with E-state index in [2.05, 4.69) is 15.1 Å². The van der Waals surface area contributed by atoms with E-state index in [1.165, 1.54) is 0 Å². The summed E-state index contributed by atoms with van der Waals surface area (Å²) in [7, 11) is -3.45. The lowest BCUT2D eigenvalue weighted by molar-refractivity contribution is 0.389. The Labute approximate surface area is 164 Å². The van der Waals surface area contributed by atoms with Gasteiger partial charge in [0.25, 0.3) is 0 Å². The summed E-state index contributed by atoms with van der Waals surface area (Å²) in [6.45, 7) is 4.16. The molecule has 1 fully saturated rings. The molecule has 8 heteroatoms. The van der Waals surface area contributed by atoms with Crippen LogP contribution in [0.1, 0.15) is 41.6 Å². The van der Waals surface area contributed by atoms with Crippen molar-refractivity contribution in [3.63, 3.8) is 0 Å². The van der Waals surface area contributed by atoms with Crippen molar-refractivity contribution in [1.29, 1.82) is 0 Å². The van der Waals surface area contributed by atoms with Crippen LogP contribution in [0.3, 0.4) is 0 Å². The van der Waals surface area contributed by atoms with Gasteiger partial charge in [0.1, 0.15) is 5.76 Å². The fraction of sp³-hybridized carbons (Fsp3) is 0.350. The number of aromatic nitrogens is 3. The predicted octanol–water partition coefficient (Wildman–Crippen LogP) is 3.42. The molecule has 3 aromatic rings. The maximum absolute atomic E-state index is 13.1. The van der Waals surface area contributed by atoms with Crippen LogP contribution in [0.2, 0.25) is 0 Å². The molecule has 4 rings (SSSR count). The SMILES string of the molecule is Cc1noc(C)c1-c1nccc([C@H]2CCCN2S(=O)(=O)Cc2ccccc2)n1. The van der Waals surface area contributed by atoms with Crippen molar-refractivity contribution < 1.29 is 12.9 Å². The van der Waals surface area contributed by atoms with Gasteiger partial charge >= 0.3 is 0 Å². The highest BCUT2D eigenvalue weighted by Crippen LogP contribution is 2.35. The minimum atomic E-state index is -3.45. The van der Waals surface area contributed by atoms with Crippen LogP contribution >= 0.6 is 0 Å². The number of aryl methyl sites for hydroxylation is 2. The lowest BCUT2D eigenvalue weighted by atomic mass is 10.1. The Morgan fingerprint density at radius 3 is 2.68 bits per heavy atom. The Morgan fingerprint density at radius 2 is 1.96 bits per heavy atom. The van der Waals surface area contributed by atoms with Gasteiger partial charge in [-0.3, -0.25) is 0 Å². The first kappa shape index (κ1) is 18.8. The highest BCUT2D eigenvalue weighted by atomic mass is 32.2. The summed E-state index contributed by atoms with van der Waals surface area (Å²) in [6, 6.07) is 10.8. The Balaban J connectivity index is 1.65. The summed E-state index contributed by atoms with van der Waals surface area (Å²) in [5.74, 6) is 1.15. The molecule has 3 heterocycles. The second-order valence-corrected chi connectivity index (χ2v) is 8.94. The van der Waals surface area contributed by atoms with Gasteiger partial charge in [0.2, 0.25) is 10.0 Å². The first-order valence-electron chi connectivity index (χ1n) is 9.25. The highest BCUT2D eigenvalue weighted by molar-refractivity contribution is 7.88. The third kappa shape index (κ3) is 3.57. The van der Waals surface area contributed by atoms with E-state index in [1.54, 1.807) is 16.6 Å². The average molecular weight is 398 g/mol. The Kier molecular flexibility index (Phi) is 4.99. The molecule has 146 valence electrons. The van der Waals surface area contributed by atoms with Gasteiger partial charge in [0, 0.05) is 12.7 Å². The molecule has 7 nitrogen and oxygen atoms in total. The smallest absolute Gasteiger partial charge is 0.218 e. The summed E-state index contributed by atoms with van der Waals surface area (Å²) in [6.07, 6.45) is 3.22. The van der Waals surface area contributed by atoms with Crippen LogP contribution in [0, 0.1) is 13.8 Å². The first-order chi connectivity index (χ1) is 13.5. The molecule has 2 aromatic heterocycles. The van der Waals surface area contributed by atoms with Crippen LogP contribution < -0.4 is 0 Å². The van der Waals surface area contributed by atoms with E-state index in [9.17, 15) is 8.42 Å². The van der Waals surface area contributed by atoms with Gasteiger partial charge in [-0.2, -0.15) is 4.31 Å². The van der Waals surface area contributed by atoms with Gasteiger partial charge < -0.3 is 4.52 Å². The normalized spacial score (nSPS) is 17.9. The van der Waals surface area contributed by atoms with Crippen LogP contribution in [-0.4, -0.2) is 34.4 Å². The molecule has 0 unspecified atom stereocenters. The van der Waals surface area contributed by atoms with E-state index in [0.29, 0.717) is 23.8 Å². The standard InChI is InChI=1S/C20H22N4O3S/c1-14-19(15(2)27-23-14)20-21-11-10-17(22-20)18-9-6-12-24(18)28(25,26)13-16-7-4-3-5-8-16/h3-5,7-8,10-11,18H,6,9,12-13H2,1-2H3/t18-/m1/s1. The van der Waals surface area contributed by atoms with Gasteiger partial charge in [-0.05, 0) is 38.3 Å². The van der Waals surface area contributed by atoms with E-state index in [0.717, 1.165) is 29.7 Å². The van der Waals surface area contributed by atoms with Gasteiger partial charge in [-0.1, -0.05) is 35.5 Å². The van der Waals surface area contributed by atoms with Crippen molar-refractivity contribution in [3.8, 4) is 11.4 Å². The zero-order valence-corrected chi connectivity index (χ0v) is 16.7. The van der Waals surface area contributed by atoms with Crippen molar-refractivity contribution >= 4 is 10.0 Å². The Bertz CT molecular complexity index is 1060. The molecule has 0 N–H and O–H groups in total. The summed E-state index contributed by atoms with van der Waals surface area (Å²) < 4.78 is 32.9. The molecule has 0 saturated carbocycles. The molecule has 0 bridgehead atoms. The zero-order chi connectivity index (χ0) is 19.7. The van der Waals surface area contributed by atoms with Crippen molar-refractivity contribution in [2.75, 3.05) is 6.54 Å². The van der Waals surface area contributed by atoms with E-state index in [4.69, 9.17) is 4.52 Å². The summed E-state index contributed by atoms with van der Waals surface area (Å²) in [5, 5.41) is 3.96. The first-order valence-corrected chi connectivity index (χ1v) is 10.9. The number of hydrogen-bond acceptors (Lipinski definition) is 6. The maximum atomic E-state index is 13.1. The summed E-state index contributed by atoms with van der Waals surface area (Å²) in [5.41, 5.74) is 2.97. The maximum Gasteiger partial charge on any atom is 0.218 e. The second-order valence-electron chi connectivity index (χ2n) is 7.01. The van der Waals surface area contributed by atoms with Gasteiger partial charge in [0.15, 0.2) is 5.82 Å². The molecule has 0 aliphatic carbocycles. The van der Waals surface area contributed by atoms with E-state index < -0.39 is 10.0 Å². The third-order valence-electron chi connectivity index (χ3n) is 5.03. The quantitative estimate of drug-likeness (QED) is 0.654. The van der Waals surface area contributed by atoms with Crippen LogP contribution in [0.5, 0.6) is 0 Å². The molecular weight excluding hydrogens is 376 g/mol. The average Bonchev–Trinajstić information content (AvgIpc) is 3.30. The highest BCUT2D eigenvalue weighted by Gasteiger charge is 2.36. The van der Waals surface area contributed by atoms with Gasteiger partial charge in [-0.25, -0.2) is 18.4 Å². The molecular formula is C20H22N4O3S. The van der Waals surface area contributed by atoms with Crippen molar-refractivity contribution in [2.45, 2.75) is 38.5 Å². The second kappa shape index (κ2) is 7.44. The van der Waals surface area contributed by atoms with Crippen molar-refractivity contribution in [3.05, 3.63) is 65.3 Å². The molecule has 0 amide bonds. The molecule has 28 heavy (non-hydrogen) atoms. The number of rotatable bonds is 5. The molecule has 1 aliphatic heterocycles. The van der Waals surface area contributed by atoms with Crippen LogP contribution in [0.4, 0.5) is 0 Å². The molecule has 0 spiro atoms. The largest absolute Gasteiger partial charge is 0.361 e. The minimum Gasteiger partial charge on any atom is -0.361 e. The van der Waals surface area contributed by atoms with Crippen LogP contribution in [-0.2, 0) is 15.8 Å². The molecule has 1 saturated heterocycles. The lowest BCUT2D eigenvalue weighted by Gasteiger charge is -2.24. The van der Waals surface area contributed by atoms with E-state index in [-0.39, 0.29) is 11.8 Å². The fourth-order valence-electron chi connectivity index (χ4n) is 3.72. The van der Waals surface area contributed by atoms with Crippen molar-refractivity contribution in [1.82, 2.24) is 19.4 Å². The number of hydrogen-bond donors (Lipinski definition) is 0. The predicted molar refractivity (Wildman–Crippen MR) is 105 cm³/mol. The minimum absolute atomic E-state index is 0.00779. The summed E-state index contributed by atoms with van der Waals surface area (Å²) >= 11 is 0. The van der Waals surface area contributed by atoms with Crippen LogP contribution in [0.25, 0.3) is 11.4 Å². The summed E-state index contributed by atoms with van der Waals surface area (Å²) in [4.78, 5) is 9.02. The number of benzene rings is 1. The Morgan fingerprint density at radius 1 is 1.18 bits per heavy atom. The molecule has 1 aromatic carbocycles. The lowest BCUT2D eigenvalue weighted by Crippen LogP contribution is -2.32. The third-order valence-corrected chi connectivity index (χ3v) is 6.88. The number of nitrogens with zero attached hydrogens (tertiary/aromatic N) is 4. The van der Waals surface area contributed by atoms with Gasteiger partial charge in [-0.15, -0.1) is 0 Å². The fourth-order valence-corrected chi connectivity index (χ4v) is 5.51. The topological polar surface area (TPSA) is 89.2 Å². The van der Waals surface area contributed by atoms with Crippen LogP contribution in [0.15, 0.2) is 47.1 Å².